The highest BCUT2D eigenvalue weighted by atomic mass is 19.1. The molecule has 0 saturated carbocycles. The first-order valence-corrected chi connectivity index (χ1v) is 19.2. The Labute approximate surface area is 317 Å². The van der Waals surface area contributed by atoms with Gasteiger partial charge in [0.15, 0.2) is 28.5 Å². The molecule has 0 spiro atoms. The minimum Gasteiger partial charge on any atom is -0.456 e. The average Bonchev–Trinajstić information content (AvgIpc) is 3.94. The number of aromatic nitrogens is 3. The van der Waals surface area contributed by atoms with Crippen molar-refractivity contribution in [3.63, 3.8) is 0 Å². The normalized spacial score (nSPS) is 15.0. The maximum absolute atomic E-state index is 16.5. The van der Waals surface area contributed by atoms with Gasteiger partial charge in [0.05, 0.1) is 23.0 Å². The van der Waals surface area contributed by atoms with E-state index in [1.54, 1.807) is 23.3 Å². The zero-order chi connectivity index (χ0) is 38.1. The number of pyridine rings is 1. The Bertz CT molecular complexity index is 2440. The van der Waals surface area contributed by atoms with Crippen LogP contribution in [0.4, 0.5) is 10.1 Å². The zero-order valence-corrected chi connectivity index (χ0v) is 31.3. The Hall–Kier alpha value is -5.53. The average molecular weight is 748 g/mol. The number of carbonyl (C=O) groups is 2. The molecule has 0 aliphatic carbocycles. The van der Waals surface area contributed by atoms with Crippen LogP contribution in [0.5, 0.6) is 11.5 Å². The molecule has 2 aliphatic rings. The number of Topliss-reactive ketones (excluding diaryl/α,β-unsaturated/α-hetero) is 1. The molecule has 5 heterocycles. The fourth-order valence-corrected chi connectivity index (χ4v) is 7.86. The van der Waals surface area contributed by atoms with Gasteiger partial charge in [-0.05, 0) is 71.1 Å². The van der Waals surface area contributed by atoms with Gasteiger partial charge in [-0.1, -0.05) is 24.6 Å². The standard InChI is InChI=1S/C42H46FN7O5/c1-47(2)17-7-3-4-10-34(51)31-25-50-33-23-36-29(28-9-5-6-11-35(28)54-36)22-37(33)55-42-39(50)30(41(31)53)21-32(43)40(42)49-19-13-27(24-49)46-38(52)12-15-44-14-8-18-48-20-16-45-26-48/h5-6,9,11,16,20-23,25-27,44H,3-4,7-8,10,12-15,17-19,24H2,1-2H3,(H,46,52)/t27-/m1/s1. The molecular weight excluding hydrogens is 702 g/mol. The van der Waals surface area contributed by atoms with Crippen molar-refractivity contribution >= 4 is 50.2 Å². The first-order chi connectivity index (χ1) is 26.7. The predicted octanol–water partition coefficient (Wildman–Crippen LogP) is 6.40. The van der Waals surface area contributed by atoms with Crippen LogP contribution in [0.3, 0.4) is 0 Å². The quantitative estimate of drug-likeness (QED) is 0.0853. The lowest BCUT2D eigenvalue weighted by atomic mass is 10.0. The van der Waals surface area contributed by atoms with E-state index in [1.807, 2.05) is 66.2 Å². The molecule has 55 heavy (non-hydrogen) atoms. The van der Waals surface area contributed by atoms with Gasteiger partial charge in [-0.25, -0.2) is 9.37 Å². The van der Waals surface area contributed by atoms with Crippen molar-refractivity contribution in [1.29, 1.82) is 0 Å². The van der Waals surface area contributed by atoms with Crippen molar-refractivity contribution in [2.24, 2.45) is 0 Å². The van der Waals surface area contributed by atoms with E-state index in [0.29, 0.717) is 67.0 Å². The number of ether oxygens (including phenoxy) is 1. The largest absolute Gasteiger partial charge is 0.456 e. The summed E-state index contributed by atoms with van der Waals surface area (Å²) in [6, 6.07) is 12.5. The van der Waals surface area contributed by atoms with Crippen molar-refractivity contribution in [2.75, 3.05) is 51.7 Å². The van der Waals surface area contributed by atoms with Gasteiger partial charge in [-0.2, -0.15) is 0 Å². The van der Waals surface area contributed by atoms with Gasteiger partial charge in [-0.15, -0.1) is 0 Å². The molecule has 0 unspecified atom stereocenters. The highest BCUT2D eigenvalue weighted by Gasteiger charge is 2.34. The number of aryl methyl sites for hydroxylation is 1. The second-order valence-corrected chi connectivity index (χ2v) is 14.9. The summed E-state index contributed by atoms with van der Waals surface area (Å²) in [5.74, 6) is -0.301. The van der Waals surface area contributed by atoms with E-state index in [9.17, 15) is 14.4 Å². The number of para-hydroxylation sites is 1. The Balaban J connectivity index is 1.06. The molecule has 3 aromatic carbocycles. The third kappa shape index (κ3) is 7.46. The fraction of sp³-hybridized carbons (Fsp3) is 0.381. The van der Waals surface area contributed by atoms with E-state index in [2.05, 4.69) is 20.5 Å². The number of nitrogens with zero attached hydrogens (tertiary/aromatic N) is 5. The Kier molecular flexibility index (Phi) is 10.4. The Morgan fingerprint density at radius 2 is 1.87 bits per heavy atom. The van der Waals surface area contributed by atoms with E-state index < -0.39 is 11.2 Å². The van der Waals surface area contributed by atoms with Crippen LogP contribution in [0, 0.1) is 5.82 Å². The van der Waals surface area contributed by atoms with Crippen molar-refractivity contribution in [2.45, 2.75) is 57.5 Å². The van der Waals surface area contributed by atoms with Crippen molar-refractivity contribution in [3.05, 3.63) is 89.0 Å². The van der Waals surface area contributed by atoms with Gasteiger partial charge in [0.2, 0.25) is 5.91 Å². The lowest BCUT2D eigenvalue weighted by Crippen LogP contribution is -2.38. The molecule has 8 rings (SSSR count). The van der Waals surface area contributed by atoms with Crippen LogP contribution in [-0.4, -0.2) is 83.6 Å². The number of nitrogens with one attached hydrogen (secondary N) is 2. The monoisotopic (exact) mass is 747 g/mol. The lowest BCUT2D eigenvalue weighted by Gasteiger charge is -2.29. The number of hydrogen-bond acceptors (Lipinski definition) is 9. The molecule has 0 bridgehead atoms. The van der Waals surface area contributed by atoms with Gasteiger partial charge in [0.25, 0.3) is 0 Å². The minimum atomic E-state index is -0.621. The molecule has 12 nitrogen and oxygen atoms in total. The van der Waals surface area contributed by atoms with Gasteiger partial charge in [0.1, 0.15) is 22.4 Å². The summed E-state index contributed by atoms with van der Waals surface area (Å²) in [6.45, 7) is 3.97. The van der Waals surface area contributed by atoms with Gasteiger partial charge in [-0.3, -0.25) is 14.4 Å². The highest BCUT2D eigenvalue weighted by molar-refractivity contribution is 6.07. The summed E-state index contributed by atoms with van der Waals surface area (Å²) >= 11 is 0. The molecule has 2 aliphatic heterocycles. The lowest BCUT2D eigenvalue weighted by molar-refractivity contribution is -0.121. The molecule has 6 aromatic rings. The number of carbonyl (C=O) groups excluding carboxylic acids is 2. The van der Waals surface area contributed by atoms with Crippen LogP contribution < -0.4 is 25.7 Å². The molecule has 286 valence electrons. The molecule has 1 atom stereocenters. The number of anilines is 1. The zero-order valence-electron chi connectivity index (χ0n) is 31.3. The molecule has 3 aromatic heterocycles. The summed E-state index contributed by atoms with van der Waals surface area (Å²) in [5.41, 5.74) is 2.03. The van der Waals surface area contributed by atoms with Crippen LogP contribution in [0.2, 0.25) is 0 Å². The third-order valence-corrected chi connectivity index (χ3v) is 10.6. The maximum atomic E-state index is 16.5. The third-order valence-electron chi connectivity index (χ3n) is 10.6. The number of unbranched alkanes of at least 4 members (excludes halogenated alkanes) is 2. The summed E-state index contributed by atoms with van der Waals surface area (Å²) in [7, 11) is 4.03. The van der Waals surface area contributed by atoms with E-state index in [1.165, 1.54) is 6.07 Å². The van der Waals surface area contributed by atoms with E-state index in [0.717, 1.165) is 49.7 Å². The first-order valence-electron chi connectivity index (χ1n) is 19.2. The summed E-state index contributed by atoms with van der Waals surface area (Å²) in [5, 5.41) is 8.26. The fourth-order valence-electron chi connectivity index (χ4n) is 7.86. The van der Waals surface area contributed by atoms with Crippen molar-refractivity contribution in [1.82, 2.24) is 29.7 Å². The molecule has 1 fully saturated rings. The minimum absolute atomic E-state index is 0.0207. The molecular formula is C42H46FN7O5. The smallest absolute Gasteiger partial charge is 0.221 e. The van der Waals surface area contributed by atoms with E-state index in [-0.39, 0.29) is 46.5 Å². The van der Waals surface area contributed by atoms with Crippen molar-refractivity contribution in [3.8, 4) is 17.2 Å². The number of halogens is 1. The Morgan fingerprint density at radius 1 is 1.00 bits per heavy atom. The first kappa shape index (κ1) is 36.4. The number of hydrogen-bond donors (Lipinski definition) is 2. The number of furan rings is 1. The predicted molar refractivity (Wildman–Crippen MR) is 211 cm³/mol. The molecule has 13 heteroatoms. The molecule has 1 amide bonds. The number of imidazole rings is 1. The van der Waals surface area contributed by atoms with Gasteiger partial charge < -0.3 is 38.7 Å². The van der Waals surface area contributed by atoms with E-state index >= 15 is 4.39 Å². The second kappa shape index (κ2) is 15.7. The number of rotatable bonds is 16. The summed E-state index contributed by atoms with van der Waals surface area (Å²) in [4.78, 5) is 48.6. The number of amides is 1. The Morgan fingerprint density at radius 3 is 2.71 bits per heavy atom. The van der Waals surface area contributed by atoms with E-state index in [4.69, 9.17) is 9.15 Å². The highest BCUT2D eigenvalue weighted by Crippen LogP contribution is 2.49. The summed E-state index contributed by atoms with van der Waals surface area (Å²) in [6.07, 6.45) is 11.6. The number of ketones is 1. The molecule has 1 saturated heterocycles. The van der Waals surface area contributed by atoms with Crippen LogP contribution in [0.15, 0.2) is 76.6 Å². The van der Waals surface area contributed by atoms with Gasteiger partial charge >= 0.3 is 0 Å². The maximum Gasteiger partial charge on any atom is 0.221 e. The number of fused-ring (bicyclic) bond motifs is 5. The van der Waals surface area contributed by atoms with Gasteiger partial charge in [0, 0.05) is 80.5 Å². The summed E-state index contributed by atoms with van der Waals surface area (Å²) < 4.78 is 33.1. The van der Waals surface area contributed by atoms with Crippen LogP contribution in [0.25, 0.3) is 38.5 Å². The van der Waals surface area contributed by atoms with Crippen LogP contribution >= 0.6 is 0 Å². The second-order valence-electron chi connectivity index (χ2n) is 14.9. The van der Waals surface area contributed by atoms with Crippen LogP contribution in [0.1, 0.15) is 55.3 Å². The van der Waals surface area contributed by atoms with Crippen LogP contribution in [-0.2, 0) is 11.3 Å². The topological polar surface area (TPSA) is 127 Å². The molecule has 2 N–H and O–H groups in total. The van der Waals surface area contributed by atoms with Crippen molar-refractivity contribution < 1.29 is 23.1 Å². The number of benzene rings is 3. The SMILES string of the molecule is CN(C)CCCCCC(=O)c1cn2c3c(c(N4CC[C@@H](NC(=O)CCNCCCn5ccnc5)C4)c(F)cc3c1=O)Oc1cc3c(cc1-2)oc1ccccc13. The molecule has 0 radical (unpaired) electrons.